The molecule has 2 rings (SSSR count). The highest BCUT2D eigenvalue weighted by Gasteiger charge is 2.01. The van der Waals surface area contributed by atoms with E-state index in [1.165, 1.54) is 0 Å². The van der Waals surface area contributed by atoms with E-state index in [-0.39, 0.29) is 5.84 Å². The van der Waals surface area contributed by atoms with Crippen LogP contribution in [0.3, 0.4) is 0 Å². The Morgan fingerprint density at radius 1 is 1.24 bits per heavy atom. The van der Waals surface area contributed by atoms with Gasteiger partial charge in [-0.3, -0.25) is 10.4 Å². The number of hydrogen-bond donors (Lipinski definition) is 2. The van der Waals surface area contributed by atoms with Gasteiger partial charge in [-0.1, -0.05) is 30.3 Å². The zero-order valence-electron chi connectivity index (χ0n) is 9.26. The molecule has 0 radical (unpaired) electrons. The van der Waals surface area contributed by atoms with Crippen LogP contribution in [0, 0.1) is 5.41 Å². The highest BCUT2D eigenvalue weighted by atomic mass is 16.5. The van der Waals surface area contributed by atoms with E-state index < -0.39 is 0 Å². The molecule has 0 amide bonds. The molecular formula is C13H13N3O. The smallest absolute Gasteiger partial charge is 0.141 e. The van der Waals surface area contributed by atoms with Gasteiger partial charge in [0.15, 0.2) is 0 Å². The fourth-order valence-electron chi connectivity index (χ4n) is 1.39. The fraction of sp³-hybridized carbons (Fsp3) is 0.0769. The number of amidine groups is 1. The molecule has 1 aromatic carbocycles. The predicted octanol–water partition coefficient (Wildman–Crippen LogP) is 1.94. The maximum absolute atomic E-state index is 7.29. The molecule has 17 heavy (non-hydrogen) atoms. The minimum atomic E-state index is -0.0600. The van der Waals surface area contributed by atoms with Crippen LogP contribution in [-0.2, 0) is 6.61 Å². The summed E-state index contributed by atoms with van der Waals surface area (Å²) in [6.45, 7) is 0.488. The van der Waals surface area contributed by atoms with Crippen molar-refractivity contribution in [2.75, 3.05) is 0 Å². The van der Waals surface area contributed by atoms with Gasteiger partial charge in [-0.05, 0) is 11.6 Å². The second-order valence-corrected chi connectivity index (χ2v) is 3.56. The molecule has 4 heteroatoms. The molecule has 0 saturated heterocycles. The third-order valence-electron chi connectivity index (χ3n) is 2.26. The van der Waals surface area contributed by atoms with E-state index in [4.69, 9.17) is 15.9 Å². The number of nitrogens with two attached hydrogens (primary N) is 1. The normalized spacial score (nSPS) is 9.88. The van der Waals surface area contributed by atoms with E-state index >= 15 is 0 Å². The van der Waals surface area contributed by atoms with Crippen molar-refractivity contribution in [1.29, 1.82) is 5.41 Å². The maximum Gasteiger partial charge on any atom is 0.141 e. The summed E-state index contributed by atoms with van der Waals surface area (Å²) < 4.78 is 5.59. The summed E-state index contributed by atoms with van der Waals surface area (Å²) in [5, 5.41) is 7.29. The first-order valence-electron chi connectivity index (χ1n) is 5.23. The highest BCUT2D eigenvalue weighted by Crippen LogP contribution is 2.12. The molecule has 0 saturated carbocycles. The maximum atomic E-state index is 7.29. The molecular weight excluding hydrogens is 214 g/mol. The average Bonchev–Trinajstić information content (AvgIpc) is 2.38. The number of nitrogens with zero attached hydrogens (tertiary/aromatic N) is 1. The molecule has 1 aromatic heterocycles. The standard InChI is InChI=1S/C13H13N3O/c14-13(15)12-8-11(6-7-16-12)17-9-10-4-2-1-3-5-10/h1-8H,9H2,(H3,14,15). The van der Waals surface area contributed by atoms with Gasteiger partial charge in [0.25, 0.3) is 0 Å². The number of ether oxygens (including phenoxy) is 1. The number of rotatable bonds is 4. The second kappa shape index (κ2) is 5.12. The fourth-order valence-corrected chi connectivity index (χ4v) is 1.39. The lowest BCUT2D eigenvalue weighted by Crippen LogP contribution is -2.13. The monoisotopic (exact) mass is 227 g/mol. The van der Waals surface area contributed by atoms with E-state index in [0.29, 0.717) is 18.1 Å². The van der Waals surface area contributed by atoms with Crippen LogP contribution in [0.4, 0.5) is 0 Å². The van der Waals surface area contributed by atoms with Gasteiger partial charge in [0.2, 0.25) is 0 Å². The van der Waals surface area contributed by atoms with Crippen molar-refractivity contribution in [2.24, 2.45) is 5.73 Å². The first kappa shape index (κ1) is 11.1. The summed E-state index contributed by atoms with van der Waals surface area (Å²) in [6.07, 6.45) is 1.58. The summed E-state index contributed by atoms with van der Waals surface area (Å²) in [4.78, 5) is 3.96. The van der Waals surface area contributed by atoms with Gasteiger partial charge in [0, 0.05) is 12.3 Å². The lowest BCUT2D eigenvalue weighted by Gasteiger charge is -2.06. The van der Waals surface area contributed by atoms with Gasteiger partial charge >= 0.3 is 0 Å². The SMILES string of the molecule is N=C(N)c1cc(OCc2ccccc2)ccn1. The van der Waals surface area contributed by atoms with Crippen molar-refractivity contribution in [2.45, 2.75) is 6.61 Å². The Hall–Kier alpha value is -2.36. The van der Waals surface area contributed by atoms with Crippen LogP contribution in [-0.4, -0.2) is 10.8 Å². The van der Waals surface area contributed by atoms with Crippen molar-refractivity contribution in [3.8, 4) is 5.75 Å². The number of nitrogens with one attached hydrogen (secondary N) is 1. The van der Waals surface area contributed by atoms with Gasteiger partial charge in [0.05, 0.1) is 0 Å². The first-order valence-corrected chi connectivity index (χ1v) is 5.23. The second-order valence-electron chi connectivity index (χ2n) is 3.56. The zero-order chi connectivity index (χ0) is 12.1. The molecule has 0 aliphatic heterocycles. The molecule has 3 N–H and O–H groups in total. The third kappa shape index (κ3) is 3.04. The van der Waals surface area contributed by atoms with Crippen LogP contribution >= 0.6 is 0 Å². The Morgan fingerprint density at radius 2 is 2.00 bits per heavy atom. The number of hydrogen-bond acceptors (Lipinski definition) is 3. The molecule has 4 nitrogen and oxygen atoms in total. The third-order valence-corrected chi connectivity index (χ3v) is 2.26. The molecule has 0 fully saturated rings. The molecule has 2 aromatic rings. The minimum Gasteiger partial charge on any atom is -0.489 e. The van der Waals surface area contributed by atoms with Crippen LogP contribution < -0.4 is 10.5 Å². The van der Waals surface area contributed by atoms with Crippen LogP contribution in [0.5, 0.6) is 5.75 Å². The van der Waals surface area contributed by atoms with Crippen molar-refractivity contribution in [3.63, 3.8) is 0 Å². The number of benzene rings is 1. The van der Waals surface area contributed by atoms with Crippen molar-refractivity contribution in [3.05, 3.63) is 59.9 Å². The highest BCUT2D eigenvalue weighted by molar-refractivity contribution is 5.93. The van der Waals surface area contributed by atoms with Crippen LogP contribution in [0.25, 0.3) is 0 Å². The average molecular weight is 227 g/mol. The van der Waals surface area contributed by atoms with Gasteiger partial charge in [0.1, 0.15) is 23.9 Å². The van der Waals surface area contributed by atoms with Crippen molar-refractivity contribution < 1.29 is 4.74 Å². The topological polar surface area (TPSA) is 72.0 Å². The van der Waals surface area contributed by atoms with Crippen molar-refractivity contribution >= 4 is 5.84 Å². The number of nitrogen functional groups attached to an aromatic ring is 1. The molecule has 0 spiro atoms. The Balaban J connectivity index is 2.04. The van der Waals surface area contributed by atoms with Crippen molar-refractivity contribution in [1.82, 2.24) is 4.98 Å². The lowest BCUT2D eigenvalue weighted by molar-refractivity contribution is 0.306. The summed E-state index contributed by atoms with van der Waals surface area (Å²) in [5.74, 6) is 0.601. The van der Waals surface area contributed by atoms with E-state index in [2.05, 4.69) is 4.98 Å². The number of pyridine rings is 1. The van der Waals surface area contributed by atoms with Gasteiger partial charge in [-0.2, -0.15) is 0 Å². The molecule has 86 valence electrons. The lowest BCUT2D eigenvalue weighted by atomic mass is 10.2. The summed E-state index contributed by atoms with van der Waals surface area (Å²) in [6, 6.07) is 13.3. The Bertz CT molecular complexity index is 511. The summed E-state index contributed by atoms with van der Waals surface area (Å²) in [7, 11) is 0. The minimum absolute atomic E-state index is 0.0600. The molecule has 0 aliphatic rings. The van der Waals surface area contributed by atoms with Crippen LogP contribution in [0.1, 0.15) is 11.3 Å². The molecule has 1 heterocycles. The largest absolute Gasteiger partial charge is 0.489 e. The molecule has 0 unspecified atom stereocenters. The Labute approximate surface area is 99.6 Å². The predicted molar refractivity (Wildman–Crippen MR) is 66.0 cm³/mol. The molecule has 0 atom stereocenters. The summed E-state index contributed by atoms with van der Waals surface area (Å²) >= 11 is 0. The molecule has 0 bridgehead atoms. The van der Waals surface area contributed by atoms with E-state index in [9.17, 15) is 0 Å². The van der Waals surface area contributed by atoms with E-state index in [1.807, 2.05) is 30.3 Å². The first-order chi connectivity index (χ1) is 8.25. The zero-order valence-corrected chi connectivity index (χ0v) is 9.26. The Kier molecular flexibility index (Phi) is 3.35. The number of aromatic nitrogens is 1. The molecule has 0 aliphatic carbocycles. The van der Waals surface area contributed by atoms with E-state index in [1.54, 1.807) is 18.3 Å². The Morgan fingerprint density at radius 3 is 2.71 bits per heavy atom. The summed E-state index contributed by atoms with van der Waals surface area (Å²) in [5.41, 5.74) is 6.87. The van der Waals surface area contributed by atoms with E-state index in [0.717, 1.165) is 5.56 Å². The van der Waals surface area contributed by atoms with Gasteiger partial charge in [-0.15, -0.1) is 0 Å². The van der Waals surface area contributed by atoms with Gasteiger partial charge < -0.3 is 10.5 Å². The van der Waals surface area contributed by atoms with Gasteiger partial charge in [-0.25, -0.2) is 0 Å². The quantitative estimate of drug-likeness (QED) is 0.619. The van der Waals surface area contributed by atoms with Crippen LogP contribution in [0.15, 0.2) is 48.7 Å². The van der Waals surface area contributed by atoms with Crippen LogP contribution in [0.2, 0.25) is 0 Å².